The minimum Gasteiger partial charge on any atom is -0.497 e. The first-order chi connectivity index (χ1) is 13.6. The lowest BCUT2D eigenvalue weighted by Gasteiger charge is -2.04. The molecular formula is C19H18N4O3S2. The monoisotopic (exact) mass is 414 g/mol. The Kier molecular flexibility index (Phi) is 6.99. The zero-order valence-corrected chi connectivity index (χ0v) is 16.7. The number of methoxy groups -OCH3 is 1. The maximum Gasteiger partial charge on any atom is 0.257 e. The summed E-state index contributed by atoms with van der Waals surface area (Å²) in [7, 11) is 1.54. The van der Waals surface area contributed by atoms with Crippen molar-refractivity contribution in [1.82, 2.24) is 15.5 Å². The molecule has 2 aromatic carbocycles. The fourth-order valence-electron chi connectivity index (χ4n) is 2.23. The van der Waals surface area contributed by atoms with E-state index in [4.69, 9.17) is 4.74 Å². The summed E-state index contributed by atoms with van der Waals surface area (Å²) < 4.78 is 5.72. The molecule has 144 valence electrons. The highest BCUT2D eigenvalue weighted by atomic mass is 32.2. The van der Waals surface area contributed by atoms with E-state index in [0.29, 0.717) is 27.3 Å². The second-order valence-electron chi connectivity index (χ2n) is 5.61. The number of ether oxygens (including phenoxy) is 1. The van der Waals surface area contributed by atoms with Gasteiger partial charge in [-0.05, 0) is 23.8 Å². The Morgan fingerprint density at radius 2 is 1.93 bits per heavy atom. The minimum atomic E-state index is -0.299. The number of nitrogens with zero attached hydrogens (tertiary/aromatic N) is 2. The highest BCUT2D eigenvalue weighted by Gasteiger charge is 2.12. The molecule has 0 bridgehead atoms. The average molecular weight is 415 g/mol. The molecule has 0 spiro atoms. The third-order valence-electron chi connectivity index (χ3n) is 3.62. The Labute approximate surface area is 170 Å². The van der Waals surface area contributed by atoms with Gasteiger partial charge in [-0.3, -0.25) is 14.9 Å². The number of rotatable bonds is 8. The summed E-state index contributed by atoms with van der Waals surface area (Å²) in [6, 6.07) is 16.5. The van der Waals surface area contributed by atoms with Crippen LogP contribution in [-0.4, -0.2) is 34.9 Å². The minimum absolute atomic E-state index is 0.0916. The molecule has 0 radical (unpaired) electrons. The zero-order chi connectivity index (χ0) is 19.8. The molecule has 28 heavy (non-hydrogen) atoms. The van der Waals surface area contributed by atoms with Crippen molar-refractivity contribution in [2.24, 2.45) is 0 Å². The number of amides is 2. The summed E-state index contributed by atoms with van der Waals surface area (Å²) in [5, 5.41) is 13.9. The molecule has 1 heterocycles. The van der Waals surface area contributed by atoms with E-state index >= 15 is 0 Å². The van der Waals surface area contributed by atoms with Crippen molar-refractivity contribution in [3.05, 3.63) is 65.7 Å². The maximum absolute atomic E-state index is 12.3. The molecule has 0 aliphatic heterocycles. The van der Waals surface area contributed by atoms with Crippen molar-refractivity contribution in [3.8, 4) is 5.75 Å². The first kappa shape index (κ1) is 19.8. The van der Waals surface area contributed by atoms with Gasteiger partial charge in [0.25, 0.3) is 5.91 Å². The predicted molar refractivity (Wildman–Crippen MR) is 110 cm³/mol. The maximum atomic E-state index is 12.3. The molecule has 2 N–H and O–H groups in total. The third-order valence-corrected chi connectivity index (χ3v) is 5.59. The molecule has 0 saturated carbocycles. The van der Waals surface area contributed by atoms with Crippen LogP contribution in [0, 0.1) is 0 Å². The van der Waals surface area contributed by atoms with Gasteiger partial charge in [0.1, 0.15) is 5.75 Å². The Hall–Kier alpha value is -2.91. The number of carbonyl (C=O) groups excluding carboxylic acids is 2. The molecule has 0 atom stereocenters. The van der Waals surface area contributed by atoms with Crippen molar-refractivity contribution in [3.63, 3.8) is 0 Å². The van der Waals surface area contributed by atoms with Gasteiger partial charge in [0.2, 0.25) is 11.0 Å². The van der Waals surface area contributed by atoms with Gasteiger partial charge >= 0.3 is 0 Å². The van der Waals surface area contributed by atoms with Crippen LogP contribution in [0.15, 0.2) is 58.9 Å². The van der Waals surface area contributed by atoms with E-state index in [9.17, 15) is 9.59 Å². The normalized spacial score (nSPS) is 10.3. The molecule has 9 heteroatoms. The number of hydrogen-bond donors (Lipinski definition) is 2. The second-order valence-corrected chi connectivity index (χ2v) is 7.81. The Morgan fingerprint density at radius 3 is 2.71 bits per heavy atom. The van der Waals surface area contributed by atoms with E-state index < -0.39 is 0 Å². The van der Waals surface area contributed by atoms with Gasteiger partial charge in [-0.15, -0.1) is 10.2 Å². The van der Waals surface area contributed by atoms with Gasteiger partial charge in [0, 0.05) is 12.1 Å². The Morgan fingerprint density at radius 1 is 1.11 bits per heavy atom. The van der Waals surface area contributed by atoms with Crippen LogP contribution in [0.4, 0.5) is 5.13 Å². The number of thioether (sulfide) groups is 1. The van der Waals surface area contributed by atoms with E-state index in [1.54, 1.807) is 31.4 Å². The SMILES string of the molecule is COc1cccc(C(=O)Nc2nnc(SCC(=O)NCc3ccccc3)s2)c1. The van der Waals surface area contributed by atoms with E-state index in [1.165, 1.54) is 23.1 Å². The topological polar surface area (TPSA) is 93.2 Å². The van der Waals surface area contributed by atoms with Gasteiger partial charge in [0.15, 0.2) is 4.34 Å². The lowest BCUT2D eigenvalue weighted by molar-refractivity contribution is -0.118. The molecule has 0 saturated heterocycles. The molecule has 3 aromatic rings. The van der Waals surface area contributed by atoms with Crippen LogP contribution in [0.25, 0.3) is 0 Å². The summed E-state index contributed by atoms with van der Waals surface area (Å²) in [6.07, 6.45) is 0. The second kappa shape index (κ2) is 9.86. The van der Waals surface area contributed by atoms with Crippen molar-refractivity contribution >= 4 is 40.0 Å². The Bertz CT molecular complexity index is 947. The molecule has 3 rings (SSSR count). The van der Waals surface area contributed by atoms with E-state index in [0.717, 1.165) is 5.56 Å². The van der Waals surface area contributed by atoms with E-state index in [-0.39, 0.29) is 17.6 Å². The van der Waals surface area contributed by atoms with Crippen LogP contribution in [0.5, 0.6) is 5.75 Å². The number of nitrogens with one attached hydrogen (secondary N) is 2. The summed E-state index contributed by atoms with van der Waals surface area (Å²) in [5.41, 5.74) is 1.50. The van der Waals surface area contributed by atoms with Crippen LogP contribution in [0.2, 0.25) is 0 Å². The summed E-state index contributed by atoms with van der Waals surface area (Å²) >= 11 is 2.49. The van der Waals surface area contributed by atoms with E-state index in [2.05, 4.69) is 20.8 Å². The number of carbonyl (C=O) groups is 2. The molecule has 7 nitrogen and oxygen atoms in total. The first-order valence-electron chi connectivity index (χ1n) is 8.36. The molecule has 0 aliphatic carbocycles. The number of anilines is 1. The molecule has 1 aromatic heterocycles. The highest BCUT2D eigenvalue weighted by Crippen LogP contribution is 2.26. The first-order valence-corrected chi connectivity index (χ1v) is 10.2. The summed E-state index contributed by atoms with van der Waals surface area (Å²) in [4.78, 5) is 24.2. The predicted octanol–water partition coefficient (Wildman–Crippen LogP) is 3.21. The summed E-state index contributed by atoms with van der Waals surface area (Å²) in [6.45, 7) is 0.484. The smallest absolute Gasteiger partial charge is 0.257 e. The molecule has 0 fully saturated rings. The quantitative estimate of drug-likeness (QED) is 0.434. The number of hydrogen-bond acceptors (Lipinski definition) is 7. The van der Waals surface area contributed by atoms with Gasteiger partial charge in [-0.2, -0.15) is 0 Å². The molecule has 0 unspecified atom stereocenters. The average Bonchev–Trinajstić information content (AvgIpc) is 3.18. The molecular weight excluding hydrogens is 396 g/mol. The Balaban J connectivity index is 1.47. The van der Waals surface area contributed by atoms with Gasteiger partial charge in [0.05, 0.1) is 12.9 Å². The van der Waals surface area contributed by atoms with Gasteiger partial charge < -0.3 is 10.1 Å². The van der Waals surface area contributed by atoms with Crippen LogP contribution in [0.1, 0.15) is 15.9 Å². The fourth-order valence-corrected chi connectivity index (χ4v) is 3.80. The summed E-state index contributed by atoms with van der Waals surface area (Å²) in [5.74, 6) is 0.437. The zero-order valence-electron chi connectivity index (χ0n) is 15.0. The highest BCUT2D eigenvalue weighted by molar-refractivity contribution is 8.01. The van der Waals surface area contributed by atoms with Crippen molar-refractivity contribution in [1.29, 1.82) is 0 Å². The van der Waals surface area contributed by atoms with Gasteiger partial charge in [-0.1, -0.05) is 59.5 Å². The van der Waals surface area contributed by atoms with Crippen molar-refractivity contribution in [2.45, 2.75) is 10.9 Å². The number of benzene rings is 2. The van der Waals surface area contributed by atoms with Crippen molar-refractivity contribution < 1.29 is 14.3 Å². The molecule has 0 aliphatic rings. The molecule has 2 amide bonds. The van der Waals surface area contributed by atoms with Crippen LogP contribution >= 0.6 is 23.1 Å². The van der Waals surface area contributed by atoms with E-state index in [1.807, 2.05) is 30.3 Å². The van der Waals surface area contributed by atoms with Crippen molar-refractivity contribution in [2.75, 3.05) is 18.2 Å². The lowest BCUT2D eigenvalue weighted by atomic mass is 10.2. The third kappa shape index (κ3) is 5.80. The largest absolute Gasteiger partial charge is 0.497 e. The standard InChI is InChI=1S/C19H18N4O3S2/c1-26-15-9-5-8-14(10-15)17(25)21-18-22-23-19(28-18)27-12-16(24)20-11-13-6-3-2-4-7-13/h2-10H,11-12H2,1H3,(H,20,24)(H,21,22,25). The van der Waals surface area contributed by atoms with Crippen LogP contribution < -0.4 is 15.4 Å². The fraction of sp³-hybridized carbons (Fsp3) is 0.158. The van der Waals surface area contributed by atoms with Gasteiger partial charge in [-0.25, -0.2) is 0 Å². The van der Waals surface area contributed by atoms with Crippen LogP contribution in [0.3, 0.4) is 0 Å². The number of aromatic nitrogens is 2. The lowest BCUT2D eigenvalue weighted by Crippen LogP contribution is -2.24. The van der Waals surface area contributed by atoms with Crippen LogP contribution in [-0.2, 0) is 11.3 Å².